The summed E-state index contributed by atoms with van der Waals surface area (Å²) in [6.07, 6.45) is 9.89. The SMILES string of the molecule is CCCNc1nccn1CCc1cnn(C)c1. The van der Waals surface area contributed by atoms with E-state index in [1.165, 1.54) is 5.56 Å². The average Bonchev–Trinajstić information content (AvgIpc) is 2.92. The number of nitrogens with one attached hydrogen (secondary N) is 1. The maximum Gasteiger partial charge on any atom is 0.202 e. The van der Waals surface area contributed by atoms with Crippen LogP contribution in [0.3, 0.4) is 0 Å². The van der Waals surface area contributed by atoms with Gasteiger partial charge in [-0.15, -0.1) is 0 Å². The normalized spacial score (nSPS) is 10.7. The molecule has 92 valence electrons. The number of rotatable bonds is 6. The van der Waals surface area contributed by atoms with Gasteiger partial charge in [0.05, 0.1) is 6.20 Å². The zero-order valence-electron chi connectivity index (χ0n) is 10.4. The molecule has 0 amide bonds. The summed E-state index contributed by atoms with van der Waals surface area (Å²) in [5.74, 6) is 0.954. The highest BCUT2D eigenvalue weighted by atomic mass is 15.2. The molecule has 0 aliphatic rings. The molecule has 0 fully saturated rings. The Morgan fingerprint density at radius 3 is 3.00 bits per heavy atom. The Bertz CT molecular complexity index is 457. The van der Waals surface area contributed by atoms with Crippen LogP contribution < -0.4 is 5.32 Å². The third-order valence-electron chi connectivity index (χ3n) is 2.65. The zero-order chi connectivity index (χ0) is 12.1. The van der Waals surface area contributed by atoms with E-state index in [0.717, 1.165) is 31.9 Å². The highest BCUT2D eigenvalue weighted by Gasteiger charge is 2.02. The van der Waals surface area contributed by atoms with Crippen molar-refractivity contribution in [3.63, 3.8) is 0 Å². The van der Waals surface area contributed by atoms with Gasteiger partial charge in [0, 0.05) is 38.7 Å². The Balaban J connectivity index is 1.92. The number of hydrogen-bond donors (Lipinski definition) is 1. The van der Waals surface area contributed by atoms with Crippen LogP contribution in [-0.2, 0) is 20.0 Å². The molecular weight excluding hydrogens is 214 g/mol. The lowest BCUT2D eigenvalue weighted by Crippen LogP contribution is -2.09. The Hall–Kier alpha value is -1.78. The molecule has 0 radical (unpaired) electrons. The second kappa shape index (κ2) is 5.52. The monoisotopic (exact) mass is 233 g/mol. The van der Waals surface area contributed by atoms with Crippen LogP contribution in [0.2, 0.25) is 0 Å². The van der Waals surface area contributed by atoms with E-state index >= 15 is 0 Å². The predicted octanol–water partition coefficient (Wildman–Crippen LogP) is 1.68. The maximum absolute atomic E-state index is 4.30. The van der Waals surface area contributed by atoms with Gasteiger partial charge < -0.3 is 9.88 Å². The Labute approximate surface area is 101 Å². The molecule has 0 bridgehead atoms. The van der Waals surface area contributed by atoms with Crippen molar-refractivity contribution in [2.75, 3.05) is 11.9 Å². The highest BCUT2D eigenvalue weighted by Crippen LogP contribution is 2.07. The van der Waals surface area contributed by atoms with E-state index in [9.17, 15) is 0 Å². The lowest BCUT2D eigenvalue weighted by Gasteiger charge is -2.08. The molecule has 5 nitrogen and oxygen atoms in total. The molecule has 0 saturated heterocycles. The van der Waals surface area contributed by atoms with Crippen LogP contribution >= 0.6 is 0 Å². The van der Waals surface area contributed by atoms with Gasteiger partial charge in [-0.1, -0.05) is 6.92 Å². The Morgan fingerprint density at radius 1 is 1.41 bits per heavy atom. The van der Waals surface area contributed by atoms with Crippen LogP contribution in [0.15, 0.2) is 24.8 Å². The van der Waals surface area contributed by atoms with Gasteiger partial charge in [-0.2, -0.15) is 5.10 Å². The van der Waals surface area contributed by atoms with Gasteiger partial charge in [0.2, 0.25) is 5.95 Å². The Kier molecular flexibility index (Phi) is 3.80. The van der Waals surface area contributed by atoms with Crippen LogP contribution in [-0.4, -0.2) is 25.9 Å². The van der Waals surface area contributed by atoms with E-state index in [2.05, 4.69) is 33.1 Å². The third-order valence-corrected chi connectivity index (χ3v) is 2.65. The Morgan fingerprint density at radius 2 is 2.29 bits per heavy atom. The van der Waals surface area contributed by atoms with Crippen molar-refractivity contribution in [3.05, 3.63) is 30.4 Å². The van der Waals surface area contributed by atoms with Crippen LogP contribution in [0.1, 0.15) is 18.9 Å². The van der Waals surface area contributed by atoms with E-state index in [1.807, 2.05) is 30.3 Å². The summed E-state index contributed by atoms with van der Waals surface area (Å²) in [4.78, 5) is 4.30. The van der Waals surface area contributed by atoms with Gasteiger partial charge in [0.25, 0.3) is 0 Å². The fourth-order valence-corrected chi connectivity index (χ4v) is 1.74. The van der Waals surface area contributed by atoms with Gasteiger partial charge in [-0.3, -0.25) is 4.68 Å². The topological polar surface area (TPSA) is 47.7 Å². The van der Waals surface area contributed by atoms with E-state index in [0.29, 0.717) is 0 Å². The van der Waals surface area contributed by atoms with Gasteiger partial charge >= 0.3 is 0 Å². The van der Waals surface area contributed by atoms with Crippen molar-refractivity contribution in [2.45, 2.75) is 26.3 Å². The van der Waals surface area contributed by atoms with Crippen LogP contribution in [0.25, 0.3) is 0 Å². The van der Waals surface area contributed by atoms with Crippen molar-refractivity contribution in [2.24, 2.45) is 7.05 Å². The lowest BCUT2D eigenvalue weighted by atomic mass is 10.2. The minimum Gasteiger partial charge on any atom is -0.356 e. The fourth-order valence-electron chi connectivity index (χ4n) is 1.74. The van der Waals surface area contributed by atoms with Crippen LogP contribution in [0.4, 0.5) is 5.95 Å². The minimum atomic E-state index is 0.928. The standard InChI is InChI=1S/C12H19N5/c1-3-5-13-12-14-6-8-17(12)7-4-11-9-15-16(2)10-11/h6,8-10H,3-5,7H2,1-2H3,(H,13,14). The number of aryl methyl sites for hydroxylation is 3. The lowest BCUT2D eigenvalue weighted by molar-refractivity contribution is 0.697. The number of nitrogens with zero attached hydrogens (tertiary/aromatic N) is 4. The van der Waals surface area contributed by atoms with E-state index in [1.54, 1.807) is 0 Å². The van der Waals surface area contributed by atoms with Crippen molar-refractivity contribution in [1.29, 1.82) is 0 Å². The smallest absolute Gasteiger partial charge is 0.202 e. The highest BCUT2D eigenvalue weighted by molar-refractivity contribution is 5.25. The minimum absolute atomic E-state index is 0.928. The molecule has 2 aromatic rings. The summed E-state index contributed by atoms with van der Waals surface area (Å²) in [7, 11) is 1.94. The number of aromatic nitrogens is 4. The number of imidazole rings is 1. The molecule has 2 rings (SSSR count). The molecule has 17 heavy (non-hydrogen) atoms. The van der Waals surface area contributed by atoms with Crippen molar-refractivity contribution in [1.82, 2.24) is 19.3 Å². The first-order valence-corrected chi connectivity index (χ1v) is 6.02. The molecule has 5 heteroatoms. The van der Waals surface area contributed by atoms with E-state index < -0.39 is 0 Å². The fraction of sp³-hybridized carbons (Fsp3) is 0.500. The van der Waals surface area contributed by atoms with Gasteiger partial charge in [-0.25, -0.2) is 4.98 Å². The van der Waals surface area contributed by atoms with Gasteiger partial charge in [0.15, 0.2) is 0 Å². The molecule has 0 atom stereocenters. The van der Waals surface area contributed by atoms with Crippen molar-refractivity contribution >= 4 is 5.95 Å². The zero-order valence-corrected chi connectivity index (χ0v) is 10.4. The predicted molar refractivity (Wildman–Crippen MR) is 67.9 cm³/mol. The largest absolute Gasteiger partial charge is 0.356 e. The van der Waals surface area contributed by atoms with E-state index in [-0.39, 0.29) is 0 Å². The molecule has 1 N–H and O–H groups in total. The second-order valence-corrected chi connectivity index (χ2v) is 4.14. The summed E-state index contributed by atoms with van der Waals surface area (Å²) in [5, 5.41) is 7.48. The molecule has 0 aliphatic carbocycles. The molecule has 0 unspecified atom stereocenters. The first-order valence-electron chi connectivity index (χ1n) is 6.02. The molecule has 2 aromatic heterocycles. The molecular formula is C12H19N5. The van der Waals surface area contributed by atoms with Crippen LogP contribution in [0, 0.1) is 0 Å². The maximum atomic E-state index is 4.30. The van der Waals surface area contributed by atoms with Crippen molar-refractivity contribution < 1.29 is 0 Å². The second-order valence-electron chi connectivity index (χ2n) is 4.14. The average molecular weight is 233 g/mol. The molecule has 0 aliphatic heterocycles. The van der Waals surface area contributed by atoms with E-state index in [4.69, 9.17) is 0 Å². The number of hydrogen-bond acceptors (Lipinski definition) is 3. The first-order chi connectivity index (χ1) is 8.29. The summed E-state index contributed by atoms with van der Waals surface area (Å²) >= 11 is 0. The molecule has 0 saturated carbocycles. The summed E-state index contributed by atoms with van der Waals surface area (Å²) in [5.41, 5.74) is 1.25. The summed E-state index contributed by atoms with van der Waals surface area (Å²) in [6.45, 7) is 4.04. The van der Waals surface area contributed by atoms with Gasteiger partial charge in [-0.05, 0) is 18.4 Å². The molecule has 0 spiro atoms. The first kappa shape index (κ1) is 11.7. The molecule has 0 aromatic carbocycles. The van der Waals surface area contributed by atoms with Gasteiger partial charge in [0.1, 0.15) is 0 Å². The van der Waals surface area contributed by atoms with Crippen molar-refractivity contribution in [3.8, 4) is 0 Å². The summed E-state index contributed by atoms with van der Waals surface area (Å²) < 4.78 is 3.97. The quantitative estimate of drug-likeness (QED) is 0.825. The molecule has 2 heterocycles. The van der Waals surface area contributed by atoms with Crippen LogP contribution in [0.5, 0.6) is 0 Å². The third kappa shape index (κ3) is 3.09. The summed E-state index contributed by atoms with van der Waals surface area (Å²) in [6, 6.07) is 0. The number of anilines is 1.